The number of hydrogen-bond acceptors (Lipinski definition) is 2. The van der Waals surface area contributed by atoms with Crippen LogP contribution in [0.5, 0.6) is 0 Å². The molecular formula is C7H12N2. The summed E-state index contributed by atoms with van der Waals surface area (Å²) in [5.41, 5.74) is 0.926. The van der Waals surface area contributed by atoms with E-state index >= 15 is 0 Å². The fourth-order valence-electron chi connectivity index (χ4n) is 0.419. The van der Waals surface area contributed by atoms with Gasteiger partial charge in [-0.2, -0.15) is 0 Å². The summed E-state index contributed by atoms with van der Waals surface area (Å²) >= 11 is 0. The van der Waals surface area contributed by atoms with Crippen LogP contribution in [0, 0.1) is 0 Å². The minimum atomic E-state index is 0.926. The highest BCUT2D eigenvalue weighted by Crippen LogP contribution is 1.91. The predicted molar refractivity (Wildman–Crippen MR) is 42.1 cm³/mol. The second-order valence-electron chi connectivity index (χ2n) is 1.57. The quantitative estimate of drug-likeness (QED) is 0.503. The molecule has 0 bridgehead atoms. The van der Waals surface area contributed by atoms with Crippen molar-refractivity contribution in [3.8, 4) is 0 Å². The zero-order valence-electron chi connectivity index (χ0n) is 6.13. The van der Waals surface area contributed by atoms with Crippen LogP contribution in [0.3, 0.4) is 0 Å². The fourth-order valence-corrected chi connectivity index (χ4v) is 0.419. The average molecular weight is 124 g/mol. The van der Waals surface area contributed by atoms with Crippen molar-refractivity contribution in [2.75, 3.05) is 0 Å². The van der Waals surface area contributed by atoms with Crippen LogP contribution in [0.2, 0.25) is 0 Å². The summed E-state index contributed by atoms with van der Waals surface area (Å²) in [7, 11) is 0. The first-order valence-corrected chi connectivity index (χ1v) is 2.94. The molecule has 0 N–H and O–H groups in total. The summed E-state index contributed by atoms with van der Waals surface area (Å²) in [6, 6.07) is 0. The van der Waals surface area contributed by atoms with Gasteiger partial charge in [0, 0.05) is 18.6 Å². The summed E-state index contributed by atoms with van der Waals surface area (Å²) in [6.45, 7) is 5.67. The van der Waals surface area contributed by atoms with Gasteiger partial charge in [-0.25, -0.2) is 0 Å². The van der Waals surface area contributed by atoms with Crippen LogP contribution in [-0.4, -0.2) is 12.4 Å². The molecule has 0 aromatic carbocycles. The zero-order valence-corrected chi connectivity index (χ0v) is 6.13. The van der Waals surface area contributed by atoms with Gasteiger partial charge < -0.3 is 0 Å². The van der Waals surface area contributed by atoms with Crippen molar-refractivity contribution in [1.29, 1.82) is 0 Å². The van der Waals surface area contributed by atoms with Crippen LogP contribution in [0.1, 0.15) is 20.8 Å². The summed E-state index contributed by atoms with van der Waals surface area (Å²) in [5, 5.41) is 0. The first-order chi connectivity index (χ1) is 4.31. The molecular weight excluding hydrogens is 112 g/mol. The van der Waals surface area contributed by atoms with Crippen molar-refractivity contribution < 1.29 is 0 Å². The molecule has 2 heteroatoms. The van der Waals surface area contributed by atoms with E-state index in [1.807, 2.05) is 20.8 Å². The monoisotopic (exact) mass is 124 g/mol. The van der Waals surface area contributed by atoms with Crippen LogP contribution in [0.4, 0.5) is 0 Å². The number of aliphatic imine (C=N–C) groups is 2. The maximum absolute atomic E-state index is 3.98. The van der Waals surface area contributed by atoms with E-state index in [0.717, 1.165) is 5.70 Å². The Morgan fingerprint density at radius 3 is 2.33 bits per heavy atom. The van der Waals surface area contributed by atoms with Gasteiger partial charge in [0.15, 0.2) is 0 Å². The molecule has 0 aliphatic carbocycles. The molecule has 0 radical (unpaired) electrons. The Hall–Kier alpha value is -0.920. The third-order valence-electron chi connectivity index (χ3n) is 0.743. The Balaban J connectivity index is 3.84. The lowest BCUT2D eigenvalue weighted by Crippen LogP contribution is -1.67. The third-order valence-corrected chi connectivity index (χ3v) is 0.743. The molecule has 0 rings (SSSR count). The molecule has 0 amide bonds. The normalized spacial score (nSPS) is 13.9. The Labute approximate surface area is 56.0 Å². The topological polar surface area (TPSA) is 24.7 Å². The van der Waals surface area contributed by atoms with E-state index in [2.05, 4.69) is 9.98 Å². The van der Waals surface area contributed by atoms with E-state index in [1.165, 1.54) is 0 Å². The second-order valence-corrected chi connectivity index (χ2v) is 1.57. The van der Waals surface area contributed by atoms with Crippen molar-refractivity contribution >= 4 is 12.4 Å². The van der Waals surface area contributed by atoms with Crippen LogP contribution in [0.15, 0.2) is 21.9 Å². The molecule has 0 aliphatic rings. The van der Waals surface area contributed by atoms with Crippen LogP contribution < -0.4 is 0 Å². The van der Waals surface area contributed by atoms with Crippen molar-refractivity contribution in [2.24, 2.45) is 9.98 Å². The van der Waals surface area contributed by atoms with E-state index in [9.17, 15) is 0 Å². The van der Waals surface area contributed by atoms with Gasteiger partial charge in [-0.15, -0.1) is 0 Å². The molecule has 9 heavy (non-hydrogen) atoms. The summed E-state index contributed by atoms with van der Waals surface area (Å²) in [6.07, 6.45) is 5.20. The summed E-state index contributed by atoms with van der Waals surface area (Å²) in [4.78, 5) is 7.87. The van der Waals surface area contributed by atoms with Gasteiger partial charge in [0.25, 0.3) is 0 Å². The Morgan fingerprint density at radius 1 is 1.22 bits per heavy atom. The zero-order chi connectivity index (χ0) is 7.11. The lowest BCUT2D eigenvalue weighted by molar-refractivity contribution is 1.27. The average Bonchev–Trinajstić information content (AvgIpc) is 1.85. The highest BCUT2D eigenvalue weighted by Gasteiger charge is 1.74. The van der Waals surface area contributed by atoms with Crippen LogP contribution >= 0.6 is 0 Å². The van der Waals surface area contributed by atoms with Crippen molar-refractivity contribution in [3.05, 3.63) is 11.9 Å². The van der Waals surface area contributed by atoms with Gasteiger partial charge >= 0.3 is 0 Å². The molecule has 50 valence electrons. The van der Waals surface area contributed by atoms with Gasteiger partial charge in [0.1, 0.15) is 0 Å². The van der Waals surface area contributed by atoms with Gasteiger partial charge in [-0.3, -0.25) is 9.98 Å². The maximum atomic E-state index is 3.98. The number of nitrogens with zero attached hydrogens (tertiary/aromatic N) is 2. The van der Waals surface area contributed by atoms with E-state index in [1.54, 1.807) is 18.6 Å². The molecule has 0 heterocycles. The molecule has 0 aromatic heterocycles. The van der Waals surface area contributed by atoms with Crippen LogP contribution in [-0.2, 0) is 0 Å². The highest BCUT2D eigenvalue weighted by molar-refractivity contribution is 5.56. The Bertz CT molecular complexity index is 143. The molecule has 0 aliphatic heterocycles. The van der Waals surface area contributed by atoms with Gasteiger partial charge in [-0.1, -0.05) is 0 Å². The molecule has 0 saturated heterocycles. The second kappa shape index (κ2) is 5.22. The minimum absolute atomic E-state index is 0.926. The molecule has 0 spiro atoms. The fraction of sp³-hybridized carbons (Fsp3) is 0.429. The minimum Gasteiger partial charge on any atom is -0.267 e. The number of hydrogen-bond donors (Lipinski definition) is 0. The van der Waals surface area contributed by atoms with E-state index < -0.39 is 0 Å². The Morgan fingerprint density at radius 2 is 1.89 bits per heavy atom. The summed E-state index contributed by atoms with van der Waals surface area (Å²) in [5.74, 6) is 0. The van der Waals surface area contributed by atoms with Crippen molar-refractivity contribution in [2.45, 2.75) is 20.8 Å². The third kappa shape index (κ3) is 4.94. The first kappa shape index (κ1) is 8.08. The largest absolute Gasteiger partial charge is 0.267 e. The van der Waals surface area contributed by atoms with Gasteiger partial charge in [0.05, 0.1) is 5.70 Å². The Kier molecular flexibility index (Phi) is 4.69. The van der Waals surface area contributed by atoms with E-state index in [4.69, 9.17) is 0 Å². The molecule has 0 fully saturated rings. The van der Waals surface area contributed by atoms with Crippen LogP contribution in [0.25, 0.3) is 0 Å². The predicted octanol–water partition coefficient (Wildman–Crippen LogP) is 2.03. The van der Waals surface area contributed by atoms with E-state index in [0.29, 0.717) is 0 Å². The highest BCUT2D eigenvalue weighted by atomic mass is 14.8. The molecule has 0 saturated carbocycles. The number of rotatable bonds is 2. The van der Waals surface area contributed by atoms with Gasteiger partial charge in [-0.05, 0) is 20.8 Å². The summed E-state index contributed by atoms with van der Waals surface area (Å²) < 4.78 is 0. The van der Waals surface area contributed by atoms with Crippen molar-refractivity contribution in [1.82, 2.24) is 0 Å². The first-order valence-electron chi connectivity index (χ1n) is 2.94. The lowest BCUT2D eigenvalue weighted by Gasteiger charge is -1.83. The van der Waals surface area contributed by atoms with Gasteiger partial charge in [0.2, 0.25) is 0 Å². The number of allylic oxidation sites excluding steroid dienone is 1. The molecule has 0 atom stereocenters. The van der Waals surface area contributed by atoms with E-state index in [-0.39, 0.29) is 0 Å². The van der Waals surface area contributed by atoms with Crippen molar-refractivity contribution in [3.63, 3.8) is 0 Å². The lowest BCUT2D eigenvalue weighted by atomic mass is 10.5. The smallest absolute Gasteiger partial charge is 0.0550 e. The SMILES string of the molecule is CC=N/C=C(/C)N=CC. The molecule has 2 nitrogen and oxygen atoms in total. The molecule has 0 aromatic rings. The standard InChI is InChI=1S/C7H12N2/c1-4-8-6-7(3)9-5-2/h4-6H,1-3H3/b7-6-,8-4?,9-5?. The maximum Gasteiger partial charge on any atom is 0.0550 e. The molecule has 0 unspecified atom stereocenters.